The van der Waals surface area contributed by atoms with Gasteiger partial charge in [-0.15, -0.1) is 0 Å². The van der Waals surface area contributed by atoms with E-state index in [-0.39, 0.29) is 17.0 Å². The summed E-state index contributed by atoms with van der Waals surface area (Å²) in [7, 11) is 0. The van der Waals surface area contributed by atoms with Gasteiger partial charge in [0.2, 0.25) is 0 Å². The van der Waals surface area contributed by atoms with Crippen LogP contribution in [0.2, 0.25) is 0 Å². The van der Waals surface area contributed by atoms with Crippen LogP contribution in [0.25, 0.3) is 16.8 Å². The number of amides is 1. The highest BCUT2D eigenvalue weighted by Gasteiger charge is 2.11. The van der Waals surface area contributed by atoms with E-state index in [0.29, 0.717) is 5.56 Å². The highest BCUT2D eigenvalue weighted by atomic mass is 16.6. The summed E-state index contributed by atoms with van der Waals surface area (Å²) in [5.74, 6) is -0.703. The topological polar surface area (TPSA) is 105 Å². The first-order valence-electron chi connectivity index (χ1n) is 8.01. The maximum atomic E-state index is 12.2. The number of nitrogens with one attached hydrogen (secondary N) is 1. The molecule has 0 atom stereocenters. The van der Waals surface area contributed by atoms with Crippen molar-refractivity contribution in [2.45, 2.75) is 0 Å². The van der Waals surface area contributed by atoms with Gasteiger partial charge in [0.25, 0.3) is 11.6 Å². The maximum absolute atomic E-state index is 12.2. The SMILES string of the molecule is O=C(N/N=C/C=C/c1ccccc1[N+](=O)[O-])c1cc2ccccc2cc1O. The summed E-state index contributed by atoms with van der Waals surface area (Å²) in [5, 5.41) is 26.4. The van der Waals surface area contributed by atoms with Crippen LogP contribution in [0.3, 0.4) is 0 Å². The molecule has 0 heterocycles. The van der Waals surface area contributed by atoms with E-state index in [1.54, 1.807) is 24.3 Å². The standard InChI is InChI=1S/C20H15N3O4/c24-19-13-16-8-2-1-7-15(16)12-17(19)20(25)22-21-11-5-9-14-6-3-4-10-18(14)23(26)27/h1-13,24H,(H,22,25)/b9-5+,21-11+. The molecule has 0 saturated carbocycles. The third kappa shape index (κ3) is 4.16. The molecule has 0 aliphatic rings. The lowest BCUT2D eigenvalue weighted by Crippen LogP contribution is -2.17. The van der Waals surface area contributed by atoms with Gasteiger partial charge in [-0.1, -0.05) is 36.4 Å². The van der Waals surface area contributed by atoms with Crippen molar-refractivity contribution in [3.05, 3.63) is 88.0 Å². The summed E-state index contributed by atoms with van der Waals surface area (Å²) >= 11 is 0. The lowest BCUT2D eigenvalue weighted by molar-refractivity contribution is -0.385. The number of para-hydroxylation sites is 1. The minimum Gasteiger partial charge on any atom is -0.507 e. The molecule has 0 radical (unpaired) electrons. The van der Waals surface area contributed by atoms with Crippen molar-refractivity contribution in [3.8, 4) is 5.75 Å². The van der Waals surface area contributed by atoms with Gasteiger partial charge in [0, 0.05) is 12.3 Å². The predicted octanol–water partition coefficient (Wildman–Crippen LogP) is 3.88. The van der Waals surface area contributed by atoms with Crippen molar-refractivity contribution < 1.29 is 14.8 Å². The van der Waals surface area contributed by atoms with Crippen LogP contribution in [0.15, 0.2) is 71.8 Å². The predicted molar refractivity (Wildman–Crippen MR) is 104 cm³/mol. The normalized spacial score (nSPS) is 11.3. The summed E-state index contributed by atoms with van der Waals surface area (Å²) in [6, 6.07) is 16.7. The van der Waals surface area contributed by atoms with Gasteiger partial charge in [0.1, 0.15) is 5.75 Å². The fraction of sp³-hybridized carbons (Fsp3) is 0. The third-order valence-corrected chi connectivity index (χ3v) is 3.84. The average Bonchev–Trinajstić information content (AvgIpc) is 2.67. The number of phenols is 1. The Morgan fingerprint density at radius 1 is 1.07 bits per heavy atom. The number of phenolic OH excluding ortho intramolecular Hbond substituents is 1. The van der Waals surface area contributed by atoms with E-state index in [2.05, 4.69) is 10.5 Å². The Bertz CT molecular complexity index is 1070. The Labute approximate surface area is 154 Å². The molecule has 134 valence electrons. The zero-order valence-electron chi connectivity index (χ0n) is 14.1. The van der Waals surface area contributed by atoms with Gasteiger partial charge in [0.15, 0.2) is 0 Å². The minimum atomic E-state index is -0.561. The van der Waals surface area contributed by atoms with E-state index in [0.717, 1.165) is 10.8 Å². The molecule has 0 unspecified atom stereocenters. The fourth-order valence-corrected chi connectivity index (χ4v) is 2.55. The largest absolute Gasteiger partial charge is 0.507 e. The number of nitrogens with zero attached hydrogens (tertiary/aromatic N) is 2. The second kappa shape index (κ2) is 7.92. The highest BCUT2D eigenvalue weighted by molar-refractivity contribution is 6.01. The van der Waals surface area contributed by atoms with Gasteiger partial charge >= 0.3 is 0 Å². The van der Waals surface area contributed by atoms with E-state index in [4.69, 9.17) is 0 Å². The summed E-state index contributed by atoms with van der Waals surface area (Å²) in [5.41, 5.74) is 2.82. The number of hydrazone groups is 1. The van der Waals surface area contributed by atoms with Crippen LogP contribution in [0.4, 0.5) is 5.69 Å². The number of carbonyl (C=O) groups excluding carboxylic acids is 1. The number of carbonyl (C=O) groups is 1. The monoisotopic (exact) mass is 361 g/mol. The molecule has 3 rings (SSSR count). The van der Waals surface area contributed by atoms with E-state index in [9.17, 15) is 20.0 Å². The van der Waals surface area contributed by atoms with E-state index >= 15 is 0 Å². The molecule has 27 heavy (non-hydrogen) atoms. The molecule has 0 spiro atoms. The van der Waals surface area contributed by atoms with Gasteiger partial charge in [-0.2, -0.15) is 5.10 Å². The minimum absolute atomic E-state index is 0.0210. The molecular formula is C20H15N3O4. The van der Waals surface area contributed by atoms with Crippen LogP contribution in [-0.2, 0) is 0 Å². The first-order chi connectivity index (χ1) is 13.1. The Hall–Kier alpha value is -4.00. The zero-order valence-corrected chi connectivity index (χ0v) is 14.1. The lowest BCUT2D eigenvalue weighted by atomic mass is 10.1. The molecule has 0 aromatic heterocycles. The number of allylic oxidation sites excluding steroid dienone is 1. The highest BCUT2D eigenvalue weighted by Crippen LogP contribution is 2.24. The number of aromatic hydroxyl groups is 1. The summed E-state index contributed by atoms with van der Waals surface area (Å²) in [6.07, 6.45) is 4.29. The molecule has 0 fully saturated rings. The van der Waals surface area contributed by atoms with Crippen LogP contribution >= 0.6 is 0 Å². The number of rotatable bonds is 5. The van der Waals surface area contributed by atoms with Gasteiger partial charge < -0.3 is 5.11 Å². The fourth-order valence-electron chi connectivity index (χ4n) is 2.55. The maximum Gasteiger partial charge on any atom is 0.276 e. The van der Waals surface area contributed by atoms with Gasteiger partial charge in [-0.05, 0) is 41.1 Å². The average molecular weight is 361 g/mol. The van der Waals surface area contributed by atoms with Crippen LogP contribution in [0.5, 0.6) is 5.75 Å². The first kappa shape index (κ1) is 17.8. The number of hydrogen-bond donors (Lipinski definition) is 2. The van der Waals surface area contributed by atoms with Gasteiger partial charge in [0.05, 0.1) is 16.1 Å². The van der Waals surface area contributed by atoms with Gasteiger partial charge in [-0.3, -0.25) is 14.9 Å². The zero-order chi connectivity index (χ0) is 19.2. The Balaban J connectivity index is 1.69. The molecule has 1 amide bonds. The summed E-state index contributed by atoms with van der Waals surface area (Å²) in [6.45, 7) is 0. The molecular weight excluding hydrogens is 346 g/mol. The van der Waals surface area contributed by atoms with Crippen molar-refractivity contribution in [3.63, 3.8) is 0 Å². The van der Waals surface area contributed by atoms with E-state index < -0.39 is 10.8 Å². The molecule has 3 aromatic rings. The third-order valence-electron chi connectivity index (χ3n) is 3.84. The molecule has 2 N–H and O–H groups in total. The van der Waals surface area contributed by atoms with E-state index in [1.807, 2.05) is 24.3 Å². The number of nitro groups is 1. The van der Waals surface area contributed by atoms with Crippen molar-refractivity contribution in [2.24, 2.45) is 5.10 Å². The number of fused-ring (bicyclic) bond motifs is 1. The van der Waals surface area contributed by atoms with Crippen LogP contribution in [0.1, 0.15) is 15.9 Å². The molecule has 0 saturated heterocycles. The smallest absolute Gasteiger partial charge is 0.276 e. The molecule has 0 aliphatic heterocycles. The first-order valence-corrected chi connectivity index (χ1v) is 8.01. The summed E-state index contributed by atoms with van der Waals surface area (Å²) < 4.78 is 0. The Kier molecular flexibility index (Phi) is 5.22. The molecule has 0 aliphatic carbocycles. The summed E-state index contributed by atoms with van der Waals surface area (Å²) in [4.78, 5) is 22.7. The lowest BCUT2D eigenvalue weighted by Gasteiger charge is -2.05. The van der Waals surface area contributed by atoms with E-state index in [1.165, 1.54) is 30.5 Å². The molecule has 7 heteroatoms. The van der Waals surface area contributed by atoms with Crippen LogP contribution in [0, 0.1) is 10.1 Å². The quantitative estimate of drug-likeness (QED) is 0.409. The Morgan fingerprint density at radius 3 is 2.48 bits per heavy atom. The number of nitro benzene ring substituents is 1. The number of benzene rings is 3. The van der Waals surface area contributed by atoms with Crippen molar-refractivity contribution >= 4 is 34.7 Å². The van der Waals surface area contributed by atoms with Crippen LogP contribution < -0.4 is 5.43 Å². The molecule has 3 aromatic carbocycles. The van der Waals surface area contributed by atoms with Crippen molar-refractivity contribution in [2.75, 3.05) is 0 Å². The van der Waals surface area contributed by atoms with Crippen molar-refractivity contribution in [1.82, 2.24) is 5.43 Å². The second-order valence-electron chi connectivity index (χ2n) is 5.61. The van der Waals surface area contributed by atoms with Crippen LogP contribution in [-0.4, -0.2) is 22.2 Å². The second-order valence-corrected chi connectivity index (χ2v) is 5.61. The number of hydrogen-bond acceptors (Lipinski definition) is 5. The van der Waals surface area contributed by atoms with Crippen molar-refractivity contribution in [1.29, 1.82) is 0 Å². The molecule has 7 nitrogen and oxygen atoms in total. The van der Waals surface area contributed by atoms with Gasteiger partial charge in [-0.25, -0.2) is 5.43 Å². The molecule has 0 bridgehead atoms. The Morgan fingerprint density at radius 2 is 1.74 bits per heavy atom.